The van der Waals surface area contributed by atoms with Gasteiger partial charge in [-0.1, -0.05) is 35.9 Å². The molecule has 166 valence electrons. The van der Waals surface area contributed by atoms with E-state index in [4.69, 9.17) is 4.74 Å². The first-order chi connectivity index (χ1) is 15.3. The molecule has 0 aliphatic carbocycles. The Morgan fingerprint density at radius 2 is 1.53 bits per heavy atom. The van der Waals surface area contributed by atoms with E-state index in [0.29, 0.717) is 11.4 Å². The van der Waals surface area contributed by atoms with Crippen LogP contribution in [-0.2, 0) is 19.6 Å². The van der Waals surface area contributed by atoms with Gasteiger partial charge in [0.05, 0.1) is 16.1 Å². The van der Waals surface area contributed by atoms with Crippen LogP contribution in [0.1, 0.15) is 22.8 Å². The third kappa shape index (κ3) is 5.53. The molecule has 0 aliphatic rings. The summed E-state index contributed by atoms with van der Waals surface area (Å²) in [6.45, 7) is 3.49. The summed E-state index contributed by atoms with van der Waals surface area (Å²) in [5.41, 5.74) is 2.36. The summed E-state index contributed by atoms with van der Waals surface area (Å²) in [6, 6.07) is 21.4. The predicted molar refractivity (Wildman–Crippen MR) is 123 cm³/mol. The number of ether oxygens (including phenoxy) is 1. The van der Waals surface area contributed by atoms with Gasteiger partial charge < -0.3 is 10.1 Å². The topological polar surface area (TPSA) is 92.8 Å². The molecule has 3 aromatic rings. The number of sulfonamides is 1. The molecule has 1 N–H and O–H groups in total. The number of para-hydroxylation sites is 1. The molecular weight excluding hydrogens is 428 g/mol. The van der Waals surface area contributed by atoms with Crippen molar-refractivity contribution in [3.8, 4) is 0 Å². The molecule has 32 heavy (non-hydrogen) atoms. The number of aryl methyl sites for hydroxylation is 1. The minimum atomic E-state index is -3.79. The van der Waals surface area contributed by atoms with E-state index in [-0.39, 0.29) is 17.0 Å². The van der Waals surface area contributed by atoms with Crippen molar-refractivity contribution < 1.29 is 22.7 Å². The van der Waals surface area contributed by atoms with E-state index >= 15 is 0 Å². The van der Waals surface area contributed by atoms with Gasteiger partial charge >= 0.3 is 5.97 Å². The van der Waals surface area contributed by atoms with Gasteiger partial charge in [-0.15, -0.1) is 0 Å². The number of nitrogens with zero attached hydrogens (tertiary/aromatic N) is 1. The average molecular weight is 453 g/mol. The van der Waals surface area contributed by atoms with Crippen molar-refractivity contribution in [2.75, 3.05) is 22.8 Å². The zero-order chi connectivity index (χ0) is 23.1. The molecule has 0 spiro atoms. The average Bonchev–Trinajstić information content (AvgIpc) is 2.80. The number of nitrogens with one attached hydrogen (secondary N) is 1. The van der Waals surface area contributed by atoms with Crippen molar-refractivity contribution in [3.05, 3.63) is 90.0 Å². The fraction of sp³-hybridized carbons (Fsp3) is 0.167. The maximum Gasteiger partial charge on any atom is 0.338 e. The molecule has 0 fully saturated rings. The SMILES string of the molecule is CCN(c1ccccc1)S(=O)(=O)c1ccc(C(=O)OCC(=O)Nc2ccc(C)cc2)cc1. The number of benzene rings is 3. The van der Waals surface area contributed by atoms with Crippen LogP contribution in [0.5, 0.6) is 0 Å². The lowest BCUT2D eigenvalue weighted by atomic mass is 10.2. The Kier molecular flexibility index (Phi) is 7.27. The van der Waals surface area contributed by atoms with Crippen LogP contribution in [0.3, 0.4) is 0 Å². The lowest BCUT2D eigenvalue weighted by Gasteiger charge is -2.22. The summed E-state index contributed by atoms with van der Waals surface area (Å²) in [5, 5.41) is 2.64. The number of carbonyl (C=O) groups excluding carboxylic acids is 2. The third-order valence-corrected chi connectivity index (χ3v) is 6.60. The second kappa shape index (κ2) is 10.1. The highest BCUT2D eigenvalue weighted by Gasteiger charge is 2.24. The van der Waals surface area contributed by atoms with E-state index in [9.17, 15) is 18.0 Å². The van der Waals surface area contributed by atoms with Gasteiger partial charge in [0.1, 0.15) is 0 Å². The number of carbonyl (C=O) groups is 2. The number of anilines is 2. The first-order valence-electron chi connectivity index (χ1n) is 10.0. The Hall–Kier alpha value is -3.65. The van der Waals surface area contributed by atoms with Crippen LogP contribution in [-0.4, -0.2) is 33.4 Å². The first-order valence-corrected chi connectivity index (χ1v) is 11.5. The van der Waals surface area contributed by atoms with Crippen molar-refractivity contribution in [1.29, 1.82) is 0 Å². The van der Waals surface area contributed by atoms with E-state index in [2.05, 4.69) is 5.32 Å². The van der Waals surface area contributed by atoms with E-state index < -0.39 is 28.5 Å². The van der Waals surface area contributed by atoms with Crippen LogP contribution in [0.2, 0.25) is 0 Å². The molecule has 0 aromatic heterocycles. The Morgan fingerprint density at radius 3 is 2.12 bits per heavy atom. The molecule has 3 rings (SSSR count). The van der Waals surface area contributed by atoms with Gasteiger partial charge in [-0.25, -0.2) is 13.2 Å². The van der Waals surface area contributed by atoms with Gasteiger partial charge in [-0.05, 0) is 62.4 Å². The summed E-state index contributed by atoms with van der Waals surface area (Å²) >= 11 is 0. The number of hydrogen-bond donors (Lipinski definition) is 1. The number of amides is 1. The minimum absolute atomic E-state index is 0.0527. The fourth-order valence-corrected chi connectivity index (χ4v) is 4.50. The third-order valence-electron chi connectivity index (χ3n) is 4.68. The summed E-state index contributed by atoms with van der Waals surface area (Å²) in [5.74, 6) is -1.19. The van der Waals surface area contributed by atoms with Gasteiger partial charge in [-0.2, -0.15) is 0 Å². The van der Waals surface area contributed by atoms with Crippen LogP contribution in [0.25, 0.3) is 0 Å². The smallest absolute Gasteiger partial charge is 0.338 e. The van der Waals surface area contributed by atoms with Gasteiger partial charge in [-0.3, -0.25) is 9.10 Å². The number of rotatable bonds is 8. The normalized spacial score (nSPS) is 10.9. The second-order valence-corrected chi connectivity index (χ2v) is 8.88. The van der Waals surface area contributed by atoms with E-state index in [1.54, 1.807) is 43.3 Å². The van der Waals surface area contributed by atoms with Crippen molar-refractivity contribution in [1.82, 2.24) is 0 Å². The molecule has 0 saturated heterocycles. The maximum absolute atomic E-state index is 13.0. The molecule has 0 bridgehead atoms. The van der Waals surface area contributed by atoms with Gasteiger partial charge in [0, 0.05) is 12.2 Å². The van der Waals surface area contributed by atoms with Gasteiger partial charge in [0.2, 0.25) is 0 Å². The van der Waals surface area contributed by atoms with Crippen LogP contribution >= 0.6 is 0 Å². The Morgan fingerprint density at radius 1 is 0.906 bits per heavy atom. The van der Waals surface area contributed by atoms with E-state index in [0.717, 1.165) is 5.56 Å². The second-order valence-electron chi connectivity index (χ2n) is 7.02. The molecular formula is C24H24N2O5S. The van der Waals surface area contributed by atoms with Gasteiger partial charge in [0.15, 0.2) is 6.61 Å². The van der Waals surface area contributed by atoms with E-state index in [1.807, 2.05) is 25.1 Å². The molecule has 0 heterocycles. The van der Waals surface area contributed by atoms with Crippen molar-refractivity contribution in [2.24, 2.45) is 0 Å². The molecule has 0 radical (unpaired) electrons. The van der Waals surface area contributed by atoms with Crippen LogP contribution in [0.15, 0.2) is 83.8 Å². The van der Waals surface area contributed by atoms with Gasteiger partial charge in [0.25, 0.3) is 15.9 Å². The molecule has 8 heteroatoms. The van der Waals surface area contributed by atoms with Crippen LogP contribution in [0, 0.1) is 6.92 Å². The largest absolute Gasteiger partial charge is 0.452 e. The Bertz CT molecular complexity index is 1180. The molecule has 7 nitrogen and oxygen atoms in total. The number of hydrogen-bond acceptors (Lipinski definition) is 5. The zero-order valence-corrected chi connectivity index (χ0v) is 18.6. The monoisotopic (exact) mass is 452 g/mol. The Balaban J connectivity index is 1.63. The highest BCUT2D eigenvalue weighted by atomic mass is 32.2. The highest BCUT2D eigenvalue weighted by Crippen LogP contribution is 2.23. The van der Waals surface area contributed by atoms with Crippen molar-refractivity contribution in [2.45, 2.75) is 18.7 Å². The number of esters is 1. The molecule has 3 aromatic carbocycles. The summed E-state index contributed by atoms with van der Waals surface area (Å²) in [7, 11) is -3.79. The predicted octanol–water partition coefficient (Wildman–Crippen LogP) is 4.01. The summed E-state index contributed by atoms with van der Waals surface area (Å²) < 4.78 is 32.3. The molecule has 0 aliphatic heterocycles. The zero-order valence-electron chi connectivity index (χ0n) is 17.8. The van der Waals surface area contributed by atoms with E-state index in [1.165, 1.54) is 28.6 Å². The minimum Gasteiger partial charge on any atom is -0.452 e. The first kappa shape index (κ1) is 23.0. The van der Waals surface area contributed by atoms with Crippen molar-refractivity contribution in [3.63, 3.8) is 0 Å². The fourth-order valence-electron chi connectivity index (χ4n) is 3.02. The Labute approximate surface area is 187 Å². The molecule has 1 amide bonds. The quantitative estimate of drug-likeness (QED) is 0.522. The molecule has 0 atom stereocenters. The maximum atomic E-state index is 13.0. The lowest BCUT2D eigenvalue weighted by Crippen LogP contribution is -2.30. The van der Waals surface area contributed by atoms with Crippen LogP contribution in [0.4, 0.5) is 11.4 Å². The highest BCUT2D eigenvalue weighted by molar-refractivity contribution is 7.92. The lowest BCUT2D eigenvalue weighted by molar-refractivity contribution is -0.119. The van der Waals surface area contributed by atoms with Crippen molar-refractivity contribution >= 4 is 33.3 Å². The summed E-state index contributed by atoms with van der Waals surface area (Å²) in [6.07, 6.45) is 0. The molecule has 0 unspecified atom stereocenters. The standard InChI is InChI=1S/C24H24N2O5S/c1-3-26(21-7-5-4-6-8-21)32(29,30)22-15-11-19(12-16-22)24(28)31-17-23(27)25-20-13-9-18(2)10-14-20/h4-16H,3,17H2,1-2H3,(H,25,27). The van der Waals surface area contributed by atoms with Crippen LogP contribution < -0.4 is 9.62 Å². The molecule has 0 saturated carbocycles. The summed E-state index contributed by atoms with van der Waals surface area (Å²) in [4.78, 5) is 24.3.